The van der Waals surface area contributed by atoms with Crippen molar-refractivity contribution in [1.82, 2.24) is 10.3 Å². The number of rotatable bonds is 3. The normalized spacial score (nSPS) is 12.8. The predicted molar refractivity (Wildman–Crippen MR) is 101 cm³/mol. The van der Waals surface area contributed by atoms with Crippen LogP contribution < -0.4 is 5.32 Å². The second-order valence-electron chi connectivity index (χ2n) is 7.28. The fourth-order valence-electron chi connectivity index (χ4n) is 2.91. The average Bonchev–Trinajstić information content (AvgIpc) is 2.94. The lowest BCUT2D eigenvalue weighted by Gasteiger charge is -2.24. The third-order valence-corrected chi connectivity index (χ3v) is 3.97. The van der Waals surface area contributed by atoms with Gasteiger partial charge in [-0.15, -0.1) is 0 Å². The van der Waals surface area contributed by atoms with Gasteiger partial charge in [0.15, 0.2) is 0 Å². The van der Waals surface area contributed by atoms with Gasteiger partial charge in [-0.05, 0) is 44.9 Å². The Hall–Kier alpha value is -2.75. The minimum atomic E-state index is -0.539. The van der Waals surface area contributed by atoms with Gasteiger partial charge < -0.3 is 15.0 Å². The minimum absolute atomic E-state index is 0.285. The van der Waals surface area contributed by atoms with E-state index in [2.05, 4.69) is 35.4 Å². The maximum atomic E-state index is 12.4. The second kappa shape index (κ2) is 6.63. The average molecular weight is 336 g/mol. The van der Waals surface area contributed by atoms with Crippen LogP contribution in [0.1, 0.15) is 43.5 Å². The number of carbonyl (C=O) groups is 1. The number of benzene rings is 2. The van der Waals surface area contributed by atoms with E-state index in [-0.39, 0.29) is 6.04 Å². The summed E-state index contributed by atoms with van der Waals surface area (Å²) < 4.78 is 5.46. The molecule has 0 spiro atoms. The van der Waals surface area contributed by atoms with E-state index in [1.807, 2.05) is 57.3 Å². The van der Waals surface area contributed by atoms with E-state index in [4.69, 9.17) is 4.74 Å². The van der Waals surface area contributed by atoms with E-state index in [0.29, 0.717) is 0 Å². The van der Waals surface area contributed by atoms with E-state index in [0.717, 1.165) is 22.0 Å². The summed E-state index contributed by atoms with van der Waals surface area (Å²) in [6, 6.07) is 15.9. The van der Waals surface area contributed by atoms with Crippen molar-refractivity contribution in [2.24, 2.45) is 0 Å². The van der Waals surface area contributed by atoms with Gasteiger partial charge in [-0.3, -0.25) is 0 Å². The molecule has 130 valence electrons. The molecular weight excluding hydrogens is 312 g/mol. The summed E-state index contributed by atoms with van der Waals surface area (Å²) in [6.07, 6.45) is 1.53. The van der Waals surface area contributed by atoms with Gasteiger partial charge in [0, 0.05) is 22.7 Å². The number of aryl methyl sites for hydroxylation is 1. The van der Waals surface area contributed by atoms with Gasteiger partial charge in [0.05, 0.1) is 6.04 Å². The third-order valence-electron chi connectivity index (χ3n) is 3.97. The van der Waals surface area contributed by atoms with Crippen LogP contribution in [0.5, 0.6) is 0 Å². The van der Waals surface area contributed by atoms with Gasteiger partial charge in [0.1, 0.15) is 5.60 Å². The van der Waals surface area contributed by atoms with Crippen molar-refractivity contribution in [3.05, 3.63) is 71.4 Å². The number of carbonyl (C=O) groups excluding carboxylic acids is 1. The molecule has 25 heavy (non-hydrogen) atoms. The maximum absolute atomic E-state index is 12.4. The minimum Gasteiger partial charge on any atom is -0.444 e. The van der Waals surface area contributed by atoms with Gasteiger partial charge in [-0.2, -0.15) is 0 Å². The molecule has 3 aromatic rings. The maximum Gasteiger partial charge on any atom is 0.408 e. The molecule has 2 N–H and O–H groups in total. The fourth-order valence-corrected chi connectivity index (χ4v) is 2.91. The molecule has 1 heterocycles. The first-order chi connectivity index (χ1) is 11.8. The number of H-pyrrole nitrogens is 1. The van der Waals surface area contributed by atoms with Crippen molar-refractivity contribution in [3.8, 4) is 0 Å². The third kappa shape index (κ3) is 4.02. The number of ether oxygens (including phenoxy) is 1. The zero-order valence-corrected chi connectivity index (χ0v) is 15.1. The number of nitrogens with one attached hydrogen (secondary N) is 2. The quantitative estimate of drug-likeness (QED) is 0.700. The lowest BCUT2D eigenvalue weighted by Crippen LogP contribution is -2.35. The summed E-state index contributed by atoms with van der Waals surface area (Å²) in [5.74, 6) is 0. The van der Waals surface area contributed by atoms with E-state index in [1.165, 1.54) is 5.56 Å². The molecule has 0 aliphatic carbocycles. The number of hydrogen-bond donors (Lipinski definition) is 2. The Morgan fingerprint density at radius 2 is 1.84 bits per heavy atom. The summed E-state index contributed by atoms with van der Waals surface area (Å²) in [5, 5.41) is 4.11. The Balaban J connectivity index is 2.00. The van der Waals surface area contributed by atoms with Crippen molar-refractivity contribution >= 4 is 17.0 Å². The van der Waals surface area contributed by atoms with Crippen molar-refractivity contribution in [2.45, 2.75) is 39.3 Å². The summed E-state index contributed by atoms with van der Waals surface area (Å²) in [5.41, 5.74) is 3.74. The highest BCUT2D eigenvalue weighted by molar-refractivity contribution is 5.85. The van der Waals surface area contributed by atoms with Crippen LogP contribution in [-0.4, -0.2) is 16.7 Å². The van der Waals surface area contributed by atoms with Crippen LogP contribution in [0.25, 0.3) is 10.9 Å². The number of aromatic amines is 1. The van der Waals surface area contributed by atoms with Crippen LogP contribution in [-0.2, 0) is 4.74 Å². The van der Waals surface area contributed by atoms with Crippen LogP contribution in [0.2, 0.25) is 0 Å². The highest BCUT2D eigenvalue weighted by Gasteiger charge is 2.23. The Kier molecular flexibility index (Phi) is 4.53. The van der Waals surface area contributed by atoms with E-state index in [9.17, 15) is 4.79 Å². The van der Waals surface area contributed by atoms with Crippen molar-refractivity contribution in [2.75, 3.05) is 0 Å². The molecule has 0 aliphatic heterocycles. The summed E-state index contributed by atoms with van der Waals surface area (Å²) >= 11 is 0. The van der Waals surface area contributed by atoms with E-state index in [1.54, 1.807) is 0 Å². The Labute approximate surface area is 148 Å². The molecule has 0 bridgehead atoms. The molecular formula is C21H24N2O2. The first-order valence-electron chi connectivity index (χ1n) is 8.45. The van der Waals surface area contributed by atoms with Crippen molar-refractivity contribution in [1.29, 1.82) is 0 Å². The van der Waals surface area contributed by atoms with Gasteiger partial charge in [0.2, 0.25) is 0 Å². The van der Waals surface area contributed by atoms with Crippen LogP contribution in [0.4, 0.5) is 4.79 Å². The number of fused-ring (bicyclic) bond motifs is 1. The summed E-state index contributed by atoms with van der Waals surface area (Å²) in [4.78, 5) is 15.7. The predicted octanol–water partition coefficient (Wildman–Crippen LogP) is 5.09. The molecule has 0 saturated heterocycles. The monoisotopic (exact) mass is 336 g/mol. The Morgan fingerprint density at radius 1 is 1.12 bits per heavy atom. The van der Waals surface area contributed by atoms with Crippen LogP contribution in [0.15, 0.2) is 54.7 Å². The highest BCUT2D eigenvalue weighted by atomic mass is 16.6. The topological polar surface area (TPSA) is 54.1 Å². The molecule has 4 heteroatoms. The van der Waals surface area contributed by atoms with Crippen LogP contribution >= 0.6 is 0 Å². The molecule has 4 nitrogen and oxygen atoms in total. The van der Waals surface area contributed by atoms with Gasteiger partial charge in [-0.25, -0.2) is 4.79 Å². The molecule has 1 unspecified atom stereocenters. The molecule has 0 aliphatic rings. The largest absolute Gasteiger partial charge is 0.444 e. The molecule has 1 aromatic heterocycles. The van der Waals surface area contributed by atoms with Gasteiger partial charge >= 0.3 is 6.09 Å². The lowest BCUT2D eigenvalue weighted by atomic mass is 9.98. The van der Waals surface area contributed by atoms with E-state index >= 15 is 0 Å². The molecule has 1 atom stereocenters. The summed E-state index contributed by atoms with van der Waals surface area (Å²) in [7, 11) is 0. The first kappa shape index (κ1) is 17.1. The lowest BCUT2D eigenvalue weighted by molar-refractivity contribution is 0.0512. The fraction of sp³-hybridized carbons (Fsp3) is 0.286. The van der Waals surface area contributed by atoms with Crippen LogP contribution in [0, 0.1) is 6.92 Å². The van der Waals surface area contributed by atoms with Crippen molar-refractivity contribution < 1.29 is 9.53 Å². The summed E-state index contributed by atoms with van der Waals surface area (Å²) in [6.45, 7) is 7.64. The number of amides is 1. The van der Waals surface area contributed by atoms with E-state index < -0.39 is 11.7 Å². The number of aromatic nitrogens is 1. The molecule has 0 radical (unpaired) electrons. The molecule has 0 fully saturated rings. The Bertz CT molecular complexity index is 876. The smallest absolute Gasteiger partial charge is 0.408 e. The zero-order chi connectivity index (χ0) is 18.0. The Morgan fingerprint density at radius 3 is 2.52 bits per heavy atom. The molecule has 3 rings (SSSR count). The van der Waals surface area contributed by atoms with Crippen LogP contribution in [0.3, 0.4) is 0 Å². The number of hydrogen-bond acceptors (Lipinski definition) is 2. The number of alkyl carbamates (subject to hydrolysis) is 1. The molecule has 2 aromatic carbocycles. The molecule has 0 saturated carbocycles. The van der Waals surface area contributed by atoms with Gasteiger partial charge in [0.25, 0.3) is 0 Å². The highest BCUT2D eigenvalue weighted by Crippen LogP contribution is 2.30. The second-order valence-corrected chi connectivity index (χ2v) is 7.28. The first-order valence-corrected chi connectivity index (χ1v) is 8.45. The van der Waals surface area contributed by atoms with Crippen molar-refractivity contribution in [3.63, 3.8) is 0 Å². The SMILES string of the molecule is Cc1ccc2c(C(NC(=O)OC(C)(C)C)c3ccccc3)c[nH]c2c1. The zero-order valence-electron chi connectivity index (χ0n) is 15.1. The molecule has 1 amide bonds. The van der Waals surface area contributed by atoms with Gasteiger partial charge in [-0.1, -0.05) is 42.5 Å². The standard InChI is InChI=1S/C21H24N2O2/c1-14-10-11-16-17(13-22-18(16)12-14)19(15-8-6-5-7-9-15)23-20(24)25-21(2,3)4/h5-13,19,22H,1-4H3,(H,23,24).